The van der Waals surface area contributed by atoms with Gasteiger partial charge in [0.2, 0.25) is 5.95 Å². The first-order valence-corrected chi connectivity index (χ1v) is 9.08. The normalized spacial score (nSPS) is 19.9. The second kappa shape index (κ2) is 7.35. The van der Waals surface area contributed by atoms with E-state index in [0.29, 0.717) is 30.3 Å². The van der Waals surface area contributed by atoms with Crippen LogP contribution in [0.5, 0.6) is 0 Å². The summed E-state index contributed by atoms with van der Waals surface area (Å²) in [6.07, 6.45) is 1.15. The minimum Gasteiger partial charge on any atom is -0.349 e. The number of aromatic nitrogens is 2. The van der Waals surface area contributed by atoms with E-state index in [9.17, 15) is 9.18 Å². The maximum absolute atomic E-state index is 14.1. The van der Waals surface area contributed by atoms with E-state index in [1.807, 2.05) is 40.7 Å². The third kappa shape index (κ3) is 3.89. The first kappa shape index (κ1) is 17.6. The van der Waals surface area contributed by atoms with Gasteiger partial charge in [-0.15, -0.1) is 0 Å². The van der Waals surface area contributed by atoms with E-state index < -0.39 is 6.17 Å². The summed E-state index contributed by atoms with van der Waals surface area (Å²) in [6.45, 7) is 0.741. The summed E-state index contributed by atoms with van der Waals surface area (Å²) >= 11 is 1.49. The molecule has 1 amide bonds. The summed E-state index contributed by atoms with van der Waals surface area (Å²) < 4.78 is 14.1. The first-order chi connectivity index (χ1) is 12.0. The van der Waals surface area contributed by atoms with Gasteiger partial charge in [0.1, 0.15) is 12.0 Å². The van der Waals surface area contributed by atoms with E-state index in [1.165, 1.54) is 11.3 Å². The Morgan fingerprint density at radius 1 is 1.40 bits per heavy atom. The Bertz CT molecular complexity index is 724. The zero-order chi connectivity index (χ0) is 18.0. The second-order valence-electron chi connectivity index (χ2n) is 6.45. The lowest BCUT2D eigenvalue weighted by Gasteiger charge is -2.29. The molecule has 1 fully saturated rings. The molecule has 0 unspecified atom stereocenters. The standard InChI is InChI=1S/C17H22FN5OS/c1-21(2)17-19-6-4-15(20-17)23-9-13(18)8-14(23)10-22(3)16(24)12-5-7-25-11-12/h4-7,11,13-14H,8-10H2,1-3H3/t13-,14-/m0/s1. The van der Waals surface area contributed by atoms with Gasteiger partial charge in [-0.3, -0.25) is 4.79 Å². The molecule has 3 heterocycles. The summed E-state index contributed by atoms with van der Waals surface area (Å²) in [4.78, 5) is 26.6. The van der Waals surface area contributed by atoms with Gasteiger partial charge in [-0.2, -0.15) is 16.3 Å². The maximum Gasteiger partial charge on any atom is 0.254 e. The summed E-state index contributed by atoms with van der Waals surface area (Å²) in [5, 5.41) is 3.71. The largest absolute Gasteiger partial charge is 0.349 e. The van der Waals surface area contributed by atoms with Crippen molar-refractivity contribution in [3.63, 3.8) is 0 Å². The predicted octanol–water partition coefficient (Wildman–Crippen LogP) is 2.29. The Balaban J connectivity index is 1.75. The number of amides is 1. The summed E-state index contributed by atoms with van der Waals surface area (Å²) in [5.41, 5.74) is 0.672. The predicted molar refractivity (Wildman–Crippen MR) is 98.3 cm³/mol. The van der Waals surface area contributed by atoms with Crippen LogP contribution in [0.1, 0.15) is 16.8 Å². The summed E-state index contributed by atoms with van der Waals surface area (Å²) in [5.74, 6) is 1.24. The SMILES string of the molecule is CN(C[C@@H]1C[C@H](F)CN1c1ccnc(N(C)C)n1)C(=O)c1ccsc1. The number of nitrogens with zero attached hydrogens (tertiary/aromatic N) is 5. The number of likely N-dealkylation sites (N-methyl/N-ethyl adjacent to an activating group) is 1. The van der Waals surface area contributed by atoms with Crippen LogP contribution in [0.25, 0.3) is 0 Å². The molecule has 134 valence electrons. The van der Waals surface area contributed by atoms with Crippen LogP contribution in [0.15, 0.2) is 29.1 Å². The zero-order valence-corrected chi connectivity index (χ0v) is 15.4. The lowest BCUT2D eigenvalue weighted by molar-refractivity contribution is 0.0786. The van der Waals surface area contributed by atoms with Crippen molar-refractivity contribution in [2.24, 2.45) is 0 Å². The van der Waals surface area contributed by atoms with Crippen molar-refractivity contribution in [2.75, 3.05) is 44.0 Å². The molecule has 2 aromatic heterocycles. The molecule has 8 heteroatoms. The highest BCUT2D eigenvalue weighted by atomic mass is 32.1. The van der Waals surface area contributed by atoms with Crippen molar-refractivity contribution in [3.05, 3.63) is 34.7 Å². The first-order valence-electron chi connectivity index (χ1n) is 8.14. The van der Waals surface area contributed by atoms with Gasteiger partial charge >= 0.3 is 0 Å². The molecule has 0 bridgehead atoms. The van der Waals surface area contributed by atoms with E-state index >= 15 is 0 Å². The molecular weight excluding hydrogens is 341 g/mol. The molecule has 2 aromatic rings. The molecular formula is C17H22FN5OS. The average Bonchev–Trinajstić information content (AvgIpc) is 3.24. The van der Waals surface area contributed by atoms with Gasteiger partial charge in [0.25, 0.3) is 5.91 Å². The molecule has 0 spiro atoms. The Morgan fingerprint density at radius 2 is 2.20 bits per heavy atom. The van der Waals surface area contributed by atoms with Gasteiger partial charge in [0.05, 0.1) is 18.2 Å². The number of anilines is 2. The number of hydrogen-bond donors (Lipinski definition) is 0. The molecule has 0 saturated carbocycles. The topological polar surface area (TPSA) is 52.6 Å². The number of rotatable bonds is 5. The number of carbonyl (C=O) groups excluding carboxylic acids is 1. The Morgan fingerprint density at radius 3 is 2.88 bits per heavy atom. The highest BCUT2D eigenvalue weighted by Gasteiger charge is 2.34. The van der Waals surface area contributed by atoms with Crippen molar-refractivity contribution in [1.82, 2.24) is 14.9 Å². The van der Waals surface area contributed by atoms with Gasteiger partial charge in [0, 0.05) is 45.7 Å². The fourth-order valence-corrected chi connectivity index (χ4v) is 3.66. The molecule has 2 atom stereocenters. The van der Waals surface area contributed by atoms with Crippen molar-refractivity contribution in [1.29, 1.82) is 0 Å². The third-order valence-corrected chi connectivity index (χ3v) is 4.97. The van der Waals surface area contributed by atoms with E-state index in [0.717, 1.165) is 0 Å². The van der Waals surface area contributed by atoms with E-state index in [4.69, 9.17) is 0 Å². The number of thiophene rings is 1. The van der Waals surface area contributed by atoms with Gasteiger partial charge < -0.3 is 14.7 Å². The van der Waals surface area contributed by atoms with Gasteiger partial charge in [0.15, 0.2) is 0 Å². The van der Waals surface area contributed by atoms with Gasteiger partial charge in [-0.25, -0.2) is 9.37 Å². The highest BCUT2D eigenvalue weighted by Crippen LogP contribution is 2.27. The second-order valence-corrected chi connectivity index (χ2v) is 7.23. The monoisotopic (exact) mass is 363 g/mol. The molecule has 1 saturated heterocycles. The quantitative estimate of drug-likeness (QED) is 0.816. The minimum atomic E-state index is -0.924. The molecule has 0 radical (unpaired) electrons. The van der Waals surface area contributed by atoms with Gasteiger partial charge in [-0.1, -0.05) is 0 Å². The molecule has 1 aliphatic rings. The molecule has 0 N–H and O–H groups in total. The maximum atomic E-state index is 14.1. The molecule has 0 aromatic carbocycles. The van der Waals surface area contributed by atoms with E-state index in [2.05, 4.69) is 9.97 Å². The van der Waals surface area contributed by atoms with Gasteiger partial charge in [-0.05, 0) is 17.5 Å². The fraction of sp³-hybridized carbons (Fsp3) is 0.471. The van der Waals surface area contributed by atoms with Crippen molar-refractivity contribution in [3.8, 4) is 0 Å². The fourth-order valence-electron chi connectivity index (χ4n) is 3.03. The summed E-state index contributed by atoms with van der Waals surface area (Å²) in [6, 6.07) is 3.49. The van der Waals surface area contributed by atoms with E-state index in [-0.39, 0.29) is 18.5 Å². The number of alkyl halides is 1. The Hall–Kier alpha value is -2.22. The van der Waals surface area contributed by atoms with E-state index in [1.54, 1.807) is 24.2 Å². The Kier molecular flexibility index (Phi) is 5.17. The number of halogens is 1. The molecule has 1 aliphatic heterocycles. The molecule has 6 nitrogen and oxygen atoms in total. The molecule has 0 aliphatic carbocycles. The number of carbonyl (C=O) groups is 1. The third-order valence-electron chi connectivity index (χ3n) is 4.29. The van der Waals surface area contributed by atoms with Crippen LogP contribution in [-0.4, -0.2) is 67.2 Å². The van der Waals surface area contributed by atoms with Crippen LogP contribution in [0.2, 0.25) is 0 Å². The summed E-state index contributed by atoms with van der Waals surface area (Å²) in [7, 11) is 5.49. The lowest BCUT2D eigenvalue weighted by Crippen LogP contribution is -2.41. The number of hydrogen-bond acceptors (Lipinski definition) is 6. The van der Waals surface area contributed by atoms with Crippen LogP contribution >= 0.6 is 11.3 Å². The zero-order valence-electron chi connectivity index (χ0n) is 14.6. The average molecular weight is 363 g/mol. The van der Waals surface area contributed by atoms with Crippen molar-refractivity contribution < 1.29 is 9.18 Å². The highest BCUT2D eigenvalue weighted by molar-refractivity contribution is 7.08. The smallest absolute Gasteiger partial charge is 0.254 e. The Labute approximate surface area is 150 Å². The van der Waals surface area contributed by atoms with Crippen molar-refractivity contribution in [2.45, 2.75) is 18.6 Å². The van der Waals surface area contributed by atoms with Crippen LogP contribution in [0.3, 0.4) is 0 Å². The van der Waals surface area contributed by atoms with Crippen LogP contribution in [0, 0.1) is 0 Å². The molecule has 3 rings (SSSR count). The molecule has 25 heavy (non-hydrogen) atoms. The minimum absolute atomic E-state index is 0.0415. The van der Waals surface area contributed by atoms with Crippen molar-refractivity contribution >= 4 is 29.0 Å². The lowest BCUT2D eigenvalue weighted by atomic mass is 10.2. The van der Waals surface area contributed by atoms with Crippen LogP contribution in [-0.2, 0) is 0 Å². The van der Waals surface area contributed by atoms with Crippen LogP contribution in [0.4, 0.5) is 16.2 Å². The van der Waals surface area contributed by atoms with Crippen LogP contribution < -0.4 is 9.80 Å².